The van der Waals surface area contributed by atoms with Crippen LogP contribution in [0.25, 0.3) is 0 Å². The molecule has 2 aromatic rings. The number of fused-ring (bicyclic) bond motifs is 7. The van der Waals surface area contributed by atoms with E-state index in [0.717, 1.165) is 50.4 Å². The fourth-order valence-electron chi connectivity index (χ4n) is 18.3. The zero-order valence-electron chi connectivity index (χ0n) is 51.7. The summed E-state index contributed by atoms with van der Waals surface area (Å²) in [7, 11) is 0. The third kappa shape index (κ3) is 10.5. The number of aldehydes is 1. The number of hydrogen-bond acceptors (Lipinski definition) is 13. The molecule has 3 saturated heterocycles. The van der Waals surface area contributed by atoms with Gasteiger partial charge in [-0.15, -0.1) is 0 Å². The Kier molecular flexibility index (Phi) is 17.4. The lowest BCUT2D eigenvalue weighted by atomic mass is 9.33. The first kappa shape index (κ1) is 61.4. The van der Waals surface area contributed by atoms with Crippen molar-refractivity contribution in [2.75, 3.05) is 13.2 Å². The summed E-state index contributed by atoms with van der Waals surface area (Å²) in [6, 6.07) is 18.9. The van der Waals surface area contributed by atoms with Crippen LogP contribution < -0.4 is 0 Å². The van der Waals surface area contributed by atoms with Gasteiger partial charge in [-0.1, -0.05) is 143 Å². The molecule has 8 aliphatic rings. The molecular weight excluding hydrogens is 1040 g/mol. The smallest absolute Gasteiger partial charge is 0.338 e. The number of carbonyl (C=O) groups excluding carboxylic acids is 4. The topological polar surface area (TPSA) is 162 Å². The van der Waals surface area contributed by atoms with E-state index >= 15 is 0 Å². The van der Waals surface area contributed by atoms with Gasteiger partial charge in [0.2, 0.25) is 0 Å². The van der Waals surface area contributed by atoms with E-state index in [1.54, 1.807) is 31.2 Å². The molecule has 0 radical (unpaired) electrons. The van der Waals surface area contributed by atoms with Gasteiger partial charge >= 0.3 is 5.97 Å². The number of ether oxygens (including phenoxy) is 8. The lowest BCUT2D eigenvalue weighted by molar-refractivity contribution is -0.378. The molecule has 4 saturated carbocycles. The number of carbonyl (C=O) groups is 4. The molecule has 7 fully saturated rings. The minimum atomic E-state index is -1.24. The molecule has 3 heterocycles. The van der Waals surface area contributed by atoms with Crippen LogP contribution in [0.3, 0.4) is 0 Å². The number of benzene rings is 2. The van der Waals surface area contributed by atoms with Gasteiger partial charge in [0.15, 0.2) is 30.8 Å². The predicted octanol–water partition coefficient (Wildman–Crippen LogP) is 12.3. The highest BCUT2D eigenvalue weighted by Gasteiger charge is 2.71. The molecule has 13 heteroatoms. The standard InChI is InChI=1S/C69H98O13/c1-39-35-76-61(43(5)40(39)2)81-57-44(6)56(45(7)71)80-63(59(57)82-62-58(79-60(74)48-23-19-16-20-24-48)42(4)41(3)51(77-62)37-75-36-47-21-17-15-18-22-47)78-55-28-29-65(11)52(66(55,12)38-70)27-30-67(13)53(65)26-25-49-50-33-64(9,10)31-32-69(50,46(8)72)54(73)34-68(49,67)14/h15-25,38-44,50-59,61-63,73H,26-37H2,1-14H3/t39-,40-,41+,42-,43?,44-,50?,51?,52+,53?,54?,55-,56?,57-,58?,59?,61-,62-,63+,65?,66+,67?,68?,69+/m0/s1. The maximum Gasteiger partial charge on any atom is 0.338 e. The Morgan fingerprint density at radius 2 is 1.37 bits per heavy atom. The summed E-state index contributed by atoms with van der Waals surface area (Å²) in [6.07, 6.45) is 1.61. The molecule has 0 amide bonds. The van der Waals surface area contributed by atoms with Gasteiger partial charge < -0.3 is 47.8 Å². The Morgan fingerprint density at radius 3 is 2.04 bits per heavy atom. The Balaban J connectivity index is 0.995. The van der Waals surface area contributed by atoms with Crippen LogP contribution in [-0.4, -0.2) is 104 Å². The Morgan fingerprint density at radius 1 is 0.695 bits per heavy atom. The van der Waals surface area contributed by atoms with Gasteiger partial charge in [-0.25, -0.2) is 4.79 Å². The zero-order valence-corrected chi connectivity index (χ0v) is 51.7. The summed E-state index contributed by atoms with van der Waals surface area (Å²) in [4.78, 5) is 56.4. The van der Waals surface area contributed by atoms with Gasteiger partial charge in [-0.3, -0.25) is 9.59 Å². The van der Waals surface area contributed by atoms with E-state index in [4.69, 9.17) is 37.9 Å². The van der Waals surface area contributed by atoms with Crippen LogP contribution >= 0.6 is 0 Å². The van der Waals surface area contributed by atoms with Gasteiger partial charge in [0.1, 0.15) is 24.3 Å². The van der Waals surface area contributed by atoms with E-state index in [1.165, 1.54) is 12.5 Å². The quantitative estimate of drug-likeness (QED) is 0.0777. The van der Waals surface area contributed by atoms with Crippen LogP contribution in [0.5, 0.6) is 0 Å². The molecule has 5 aliphatic carbocycles. The van der Waals surface area contributed by atoms with Crippen molar-refractivity contribution >= 4 is 23.8 Å². The number of rotatable bonds is 15. The van der Waals surface area contributed by atoms with Gasteiger partial charge in [-0.2, -0.15) is 0 Å². The second kappa shape index (κ2) is 23.2. The summed E-state index contributed by atoms with van der Waals surface area (Å²) in [6.45, 7) is 30.8. The minimum absolute atomic E-state index is 0.0190. The van der Waals surface area contributed by atoms with Gasteiger partial charge in [0.05, 0.1) is 60.6 Å². The van der Waals surface area contributed by atoms with E-state index in [2.05, 4.69) is 75.3 Å². The molecule has 0 spiro atoms. The summed E-state index contributed by atoms with van der Waals surface area (Å²) in [5.74, 6) is -0.980. The number of allylic oxidation sites excluding steroid dienone is 2. The van der Waals surface area contributed by atoms with Crippen LogP contribution in [0.2, 0.25) is 0 Å². The fraction of sp³-hybridized carbons (Fsp3) is 0.739. The Labute approximate surface area is 489 Å². The molecule has 0 bridgehead atoms. The number of aliphatic hydroxyl groups excluding tert-OH is 1. The molecule has 13 nitrogen and oxygen atoms in total. The van der Waals surface area contributed by atoms with E-state index in [9.17, 15) is 24.3 Å². The third-order valence-corrected chi connectivity index (χ3v) is 24.2. The van der Waals surface area contributed by atoms with Crippen molar-refractivity contribution < 1.29 is 62.2 Å². The minimum Gasteiger partial charge on any atom is -0.453 e. The number of aliphatic hydroxyl groups is 1. The van der Waals surface area contributed by atoms with Crippen molar-refractivity contribution in [2.24, 2.45) is 85.8 Å². The zero-order chi connectivity index (χ0) is 59.1. The molecule has 24 atom stereocenters. The van der Waals surface area contributed by atoms with Crippen molar-refractivity contribution in [1.82, 2.24) is 0 Å². The molecule has 452 valence electrons. The molecule has 2 aromatic carbocycles. The van der Waals surface area contributed by atoms with Crippen LogP contribution in [-0.2, 0) is 58.9 Å². The van der Waals surface area contributed by atoms with E-state index in [0.29, 0.717) is 44.0 Å². The molecule has 11 unspecified atom stereocenters. The van der Waals surface area contributed by atoms with E-state index in [-0.39, 0.29) is 81.3 Å². The van der Waals surface area contributed by atoms with Crippen molar-refractivity contribution in [2.45, 2.75) is 223 Å². The predicted molar refractivity (Wildman–Crippen MR) is 311 cm³/mol. The highest BCUT2D eigenvalue weighted by molar-refractivity contribution is 5.89. The first-order valence-corrected chi connectivity index (χ1v) is 31.4. The number of Topliss-reactive ketones (excluding diaryl/α,β-unsaturated/α-hetero) is 2. The average molecular weight is 1140 g/mol. The second-order valence-corrected chi connectivity index (χ2v) is 29.2. The van der Waals surface area contributed by atoms with Crippen molar-refractivity contribution in [3.05, 3.63) is 83.4 Å². The largest absolute Gasteiger partial charge is 0.453 e. The lowest BCUT2D eigenvalue weighted by Gasteiger charge is -2.71. The molecule has 10 rings (SSSR count). The third-order valence-electron chi connectivity index (χ3n) is 24.2. The van der Waals surface area contributed by atoms with Crippen LogP contribution in [0.4, 0.5) is 0 Å². The summed E-state index contributed by atoms with van der Waals surface area (Å²) >= 11 is 0. The molecule has 82 heavy (non-hydrogen) atoms. The maximum absolute atomic E-state index is 14.4. The summed E-state index contributed by atoms with van der Waals surface area (Å²) in [5.41, 5.74) is 0.176. The highest BCUT2D eigenvalue weighted by Crippen LogP contribution is 2.76. The van der Waals surface area contributed by atoms with Crippen LogP contribution in [0.1, 0.15) is 171 Å². The molecular formula is C69H98O13. The van der Waals surface area contributed by atoms with Crippen molar-refractivity contribution in [1.29, 1.82) is 0 Å². The average Bonchev–Trinajstić information content (AvgIpc) is 0.755. The second-order valence-electron chi connectivity index (χ2n) is 29.2. The monoisotopic (exact) mass is 1130 g/mol. The maximum atomic E-state index is 14.4. The van der Waals surface area contributed by atoms with Gasteiger partial charge in [0, 0.05) is 17.8 Å². The van der Waals surface area contributed by atoms with E-state index < -0.39 is 84.3 Å². The first-order valence-electron chi connectivity index (χ1n) is 31.4. The van der Waals surface area contributed by atoms with Gasteiger partial charge in [0.25, 0.3) is 0 Å². The highest BCUT2D eigenvalue weighted by atomic mass is 16.8. The Bertz CT molecular complexity index is 2660. The Hall–Kier alpha value is -3.66. The van der Waals surface area contributed by atoms with Crippen molar-refractivity contribution in [3.63, 3.8) is 0 Å². The number of ketones is 2. The molecule has 0 aromatic heterocycles. The molecule has 3 aliphatic heterocycles. The lowest BCUT2D eigenvalue weighted by Crippen LogP contribution is -2.68. The number of hydrogen-bond donors (Lipinski definition) is 1. The first-order chi connectivity index (χ1) is 38.7. The fourth-order valence-corrected chi connectivity index (χ4v) is 18.3. The SMILES string of the molecule is CC(=O)C1O[C@@H](O[C@H]2CCC3(C)C4CC=C5C6CC(C)(C)CC[C@]6(C(C)=O)C(O)CC5(C)C4(C)CC[C@H]3[C@@]2(C)C=O)C(O[C@@H]2OC(COCc3ccccc3)[C@H](C)[C@H](C)C2OC(=O)c2ccccc2)[C@@H](O[C@@H]2OC[C@H](C)[C@H](C)C2C)[C@H]1C. The van der Waals surface area contributed by atoms with Gasteiger partial charge in [-0.05, 0) is 146 Å². The van der Waals surface area contributed by atoms with Crippen LogP contribution in [0.15, 0.2) is 72.3 Å². The normalized spacial score (nSPS) is 46.1. The number of esters is 1. The van der Waals surface area contributed by atoms with E-state index in [1.807, 2.05) is 50.2 Å². The molecule has 1 N–H and O–H groups in total. The summed E-state index contributed by atoms with van der Waals surface area (Å²) in [5, 5.41) is 12.5. The van der Waals surface area contributed by atoms with Crippen LogP contribution in [0, 0.1) is 85.8 Å². The summed E-state index contributed by atoms with van der Waals surface area (Å²) < 4.78 is 55.4. The van der Waals surface area contributed by atoms with Crippen molar-refractivity contribution in [3.8, 4) is 0 Å².